The molecule has 8 rings (SSSR count). The molecule has 1 aromatic heterocycles. The van der Waals surface area contributed by atoms with Gasteiger partial charge in [0.15, 0.2) is 17.5 Å². The maximum Gasteiger partial charge on any atom is 0.164 e. The molecule has 5 heteroatoms. The highest BCUT2D eigenvalue weighted by Gasteiger charge is 2.40. The van der Waals surface area contributed by atoms with E-state index in [9.17, 15) is 0 Å². The van der Waals surface area contributed by atoms with E-state index in [0.29, 0.717) is 17.5 Å². The molecule has 0 N–H and O–H groups in total. The average molecular weight is 564 g/mol. The second-order valence-corrected chi connectivity index (χ2v) is 13.0. The van der Waals surface area contributed by atoms with Crippen LogP contribution in [0.25, 0.3) is 45.3 Å². The van der Waals surface area contributed by atoms with Crippen molar-refractivity contribution in [3.05, 3.63) is 126 Å². The fraction of sp³-hybridized carbons (Fsp3) is 0.0833. The highest BCUT2D eigenvalue weighted by molar-refractivity contribution is 8.05. The lowest BCUT2D eigenvalue weighted by Gasteiger charge is -2.28. The number of rotatable bonds is 3. The summed E-state index contributed by atoms with van der Waals surface area (Å²) in [7, 11) is 0. The molecule has 5 aromatic carbocycles. The molecule has 0 spiro atoms. The maximum atomic E-state index is 4.99. The lowest BCUT2D eigenvalue weighted by atomic mass is 9.82. The van der Waals surface area contributed by atoms with Crippen LogP contribution in [0.1, 0.15) is 25.0 Å². The third-order valence-corrected chi connectivity index (χ3v) is 10.6. The number of nitrogens with zero attached hydrogens (tertiary/aromatic N) is 3. The van der Waals surface area contributed by atoms with Gasteiger partial charge < -0.3 is 0 Å². The normalized spacial score (nSPS) is 14.1. The van der Waals surface area contributed by atoms with Crippen LogP contribution in [0.4, 0.5) is 0 Å². The molecule has 1 aliphatic carbocycles. The maximum absolute atomic E-state index is 4.99. The van der Waals surface area contributed by atoms with Crippen LogP contribution in [0.15, 0.2) is 135 Å². The third-order valence-electron chi connectivity index (χ3n) is 7.97. The van der Waals surface area contributed by atoms with Crippen LogP contribution < -0.4 is 0 Å². The molecule has 0 saturated heterocycles. The zero-order chi connectivity index (χ0) is 27.6. The lowest BCUT2D eigenvalue weighted by molar-refractivity contribution is 0.642. The number of aromatic nitrogens is 3. The van der Waals surface area contributed by atoms with Crippen molar-refractivity contribution in [2.45, 2.75) is 38.8 Å². The molecule has 0 bridgehead atoms. The van der Waals surface area contributed by atoms with Gasteiger partial charge in [-0.1, -0.05) is 128 Å². The molecule has 0 unspecified atom stereocenters. The average Bonchev–Trinajstić information content (AvgIpc) is 3.26. The van der Waals surface area contributed by atoms with Crippen molar-refractivity contribution >= 4 is 23.5 Å². The molecule has 6 aromatic rings. The predicted molar refractivity (Wildman–Crippen MR) is 168 cm³/mol. The van der Waals surface area contributed by atoms with E-state index >= 15 is 0 Å². The lowest BCUT2D eigenvalue weighted by Crippen LogP contribution is -2.17. The van der Waals surface area contributed by atoms with Crippen molar-refractivity contribution in [1.82, 2.24) is 15.0 Å². The van der Waals surface area contributed by atoms with Crippen molar-refractivity contribution in [3.8, 4) is 45.3 Å². The summed E-state index contributed by atoms with van der Waals surface area (Å²) in [4.78, 5) is 20.2. The van der Waals surface area contributed by atoms with Crippen molar-refractivity contribution < 1.29 is 0 Å². The van der Waals surface area contributed by atoms with Crippen molar-refractivity contribution in [1.29, 1.82) is 0 Å². The molecule has 0 saturated carbocycles. The van der Waals surface area contributed by atoms with Crippen molar-refractivity contribution in [3.63, 3.8) is 0 Å². The van der Waals surface area contributed by atoms with Crippen LogP contribution in [0.3, 0.4) is 0 Å². The Morgan fingerprint density at radius 2 is 1.02 bits per heavy atom. The predicted octanol–water partition coefficient (Wildman–Crippen LogP) is 9.79. The first-order chi connectivity index (χ1) is 20.1. The van der Waals surface area contributed by atoms with E-state index in [2.05, 4.69) is 68.4 Å². The minimum absolute atomic E-state index is 0.163. The van der Waals surface area contributed by atoms with E-state index in [0.717, 1.165) is 16.7 Å². The van der Waals surface area contributed by atoms with Crippen molar-refractivity contribution in [2.24, 2.45) is 0 Å². The summed E-state index contributed by atoms with van der Waals surface area (Å²) >= 11 is 3.79. The van der Waals surface area contributed by atoms with E-state index < -0.39 is 0 Å². The Morgan fingerprint density at radius 1 is 0.488 bits per heavy atom. The molecular formula is C36H25N3S2. The van der Waals surface area contributed by atoms with Gasteiger partial charge in [-0.25, -0.2) is 15.0 Å². The fourth-order valence-electron chi connectivity index (χ4n) is 5.95. The Bertz CT molecular complexity index is 1910. The summed E-state index contributed by atoms with van der Waals surface area (Å²) in [5.41, 5.74) is 8.14. The van der Waals surface area contributed by atoms with Gasteiger partial charge in [-0.2, -0.15) is 0 Å². The van der Waals surface area contributed by atoms with Gasteiger partial charge in [-0.15, -0.1) is 0 Å². The van der Waals surface area contributed by atoms with Crippen LogP contribution in [-0.4, -0.2) is 15.0 Å². The van der Waals surface area contributed by atoms with Gasteiger partial charge in [0.25, 0.3) is 0 Å². The number of fused-ring (bicyclic) bond motifs is 6. The summed E-state index contributed by atoms with van der Waals surface area (Å²) in [6.45, 7) is 4.71. The van der Waals surface area contributed by atoms with E-state index in [4.69, 9.17) is 15.0 Å². The standard InChI is InChI=1S/C36H25N3S2/c1-36(2)27-21-24(35-38-33(22-11-5-3-6-12-22)37-34(39-35)23-13-7-4-8-14-23)17-18-25(27)26-19-20-30-32(31(26)36)41-29-16-10-9-15-28(29)40-30/h3-21H,1-2H3. The highest BCUT2D eigenvalue weighted by atomic mass is 32.2. The zero-order valence-corrected chi connectivity index (χ0v) is 24.3. The largest absolute Gasteiger partial charge is 0.208 e. The monoisotopic (exact) mass is 563 g/mol. The first-order valence-electron chi connectivity index (χ1n) is 13.7. The summed E-state index contributed by atoms with van der Waals surface area (Å²) in [5.74, 6) is 2.05. The Hall–Kier alpha value is -4.19. The molecule has 3 nitrogen and oxygen atoms in total. The fourth-order valence-corrected chi connectivity index (χ4v) is 8.50. The molecule has 0 fully saturated rings. The summed E-state index contributed by atoms with van der Waals surface area (Å²) < 4.78 is 0. The van der Waals surface area contributed by atoms with Gasteiger partial charge in [0.1, 0.15) is 0 Å². The topological polar surface area (TPSA) is 38.7 Å². The molecule has 41 heavy (non-hydrogen) atoms. The first kappa shape index (κ1) is 24.6. The Kier molecular flexibility index (Phi) is 5.66. The Balaban J connectivity index is 1.27. The quantitative estimate of drug-likeness (QED) is 0.214. The number of benzene rings is 5. The second kappa shape index (κ2) is 9.44. The molecule has 1 aliphatic heterocycles. The first-order valence-corrected chi connectivity index (χ1v) is 15.3. The van der Waals surface area contributed by atoms with Crippen molar-refractivity contribution in [2.75, 3.05) is 0 Å². The zero-order valence-electron chi connectivity index (χ0n) is 22.6. The van der Waals surface area contributed by atoms with Crippen LogP contribution in [0, 0.1) is 0 Å². The van der Waals surface area contributed by atoms with Gasteiger partial charge in [0.05, 0.1) is 0 Å². The Morgan fingerprint density at radius 3 is 1.66 bits per heavy atom. The molecule has 0 atom stereocenters. The van der Waals surface area contributed by atoms with Crippen LogP contribution >= 0.6 is 23.5 Å². The van der Waals surface area contributed by atoms with Gasteiger partial charge in [0.2, 0.25) is 0 Å². The highest BCUT2D eigenvalue weighted by Crippen LogP contribution is 2.58. The minimum atomic E-state index is -0.163. The van der Waals surface area contributed by atoms with Crippen LogP contribution in [0.5, 0.6) is 0 Å². The molecule has 2 aliphatic rings. The smallest absolute Gasteiger partial charge is 0.164 e. The molecular weight excluding hydrogens is 539 g/mol. The summed E-state index contributed by atoms with van der Waals surface area (Å²) in [5, 5.41) is 0. The van der Waals surface area contributed by atoms with E-state index in [1.807, 2.05) is 84.2 Å². The molecule has 2 heterocycles. The summed E-state index contributed by atoms with van der Waals surface area (Å²) in [6.07, 6.45) is 0. The van der Waals surface area contributed by atoms with E-state index in [1.165, 1.54) is 41.8 Å². The molecule has 196 valence electrons. The van der Waals surface area contributed by atoms with E-state index in [1.54, 1.807) is 0 Å². The van der Waals surface area contributed by atoms with Crippen LogP contribution in [-0.2, 0) is 5.41 Å². The summed E-state index contributed by atoms with van der Waals surface area (Å²) in [6, 6.07) is 40.3. The molecule has 0 amide bonds. The minimum Gasteiger partial charge on any atom is -0.208 e. The third kappa shape index (κ3) is 4.03. The second-order valence-electron chi connectivity index (χ2n) is 10.9. The SMILES string of the molecule is CC1(C)c2cc(-c3nc(-c4ccccc4)nc(-c4ccccc4)n3)ccc2-c2ccc3c(c21)Sc1ccccc1S3. The van der Waals surface area contributed by atoms with Gasteiger partial charge >= 0.3 is 0 Å². The van der Waals surface area contributed by atoms with Crippen LogP contribution in [0.2, 0.25) is 0 Å². The van der Waals surface area contributed by atoms with Gasteiger partial charge in [-0.05, 0) is 46.5 Å². The van der Waals surface area contributed by atoms with Gasteiger partial charge in [0, 0.05) is 41.7 Å². The molecule has 0 radical (unpaired) electrons. The Labute approximate surface area is 248 Å². The van der Waals surface area contributed by atoms with Gasteiger partial charge in [-0.3, -0.25) is 0 Å². The number of hydrogen-bond donors (Lipinski definition) is 0. The van der Waals surface area contributed by atoms with E-state index in [-0.39, 0.29) is 5.41 Å². The number of hydrogen-bond acceptors (Lipinski definition) is 5.